The van der Waals surface area contributed by atoms with Gasteiger partial charge >= 0.3 is 0 Å². The largest absolute Gasteiger partial charge is 0.346 e. The highest BCUT2D eigenvalue weighted by molar-refractivity contribution is 7.98. The van der Waals surface area contributed by atoms with E-state index < -0.39 is 0 Å². The van der Waals surface area contributed by atoms with Crippen molar-refractivity contribution in [3.05, 3.63) is 59.4 Å². The third-order valence-electron chi connectivity index (χ3n) is 3.25. The Balaban J connectivity index is 2.06. The number of carbonyl (C=O) groups excluding carboxylic acids is 1. The van der Waals surface area contributed by atoms with Gasteiger partial charge in [-0.2, -0.15) is 0 Å². The van der Waals surface area contributed by atoms with Gasteiger partial charge in [0.15, 0.2) is 0 Å². The molecule has 0 spiro atoms. The SMILES string of the molecule is CSc1ccc(C(C)NC(=O)c2ccnc(CN)c2)cc1. The molecule has 2 aromatic rings. The fourth-order valence-electron chi connectivity index (χ4n) is 1.99. The normalized spacial score (nSPS) is 12.0. The number of nitrogens with one attached hydrogen (secondary N) is 1. The molecule has 0 saturated heterocycles. The predicted molar refractivity (Wildman–Crippen MR) is 86.2 cm³/mol. The minimum absolute atomic E-state index is 0.0529. The number of hydrogen-bond donors (Lipinski definition) is 2. The molecule has 1 atom stereocenters. The maximum atomic E-state index is 12.2. The molecule has 1 heterocycles. The second kappa shape index (κ2) is 7.24. The summed E-state index contributed by atoms with van der Waals surface area (Å²) in [5.41, 5.74) is 7.91. The Bertz CT molecular complexity index is 613. The van der Waals surface area contributed by atoms with Crippen molar-refractivity contribution in [3.8, 4) is 0 Å². The number of rotatable bonds is 5. The van der Waals surface area contributed by atoms with Crippen molar-refractivity contribution < 1.29 is 4.79 Å². The van der Waals surface area contributed by atoms with Crippen molar-refractivity contribution in [2.24, 2.45) is 5.73 Å². The van der Waals surface area contributed by atoms with E-state index in [1.807, 2.05) is 25.3 Å². The van der Waals surface area contributed by atoms with Crippen molar-refractivity contribution in [2.75, 3.05) is 6.26 Å². The van der Waals surface area contributed by atoms with Gasteiger partial charge in [0.25, 0.3) is 5.91 Å². The molecule has 0 aliphatic carbocycles. The molecule has 0 saturated carbocycles. The maximum Gasteiger partial charge on any atom is 0.251 e. The molecule has 21 heavy (non-hydrogen) atoms. The average molecular weight is 301 g/mol. The lowest BCUT2D eigenvalue weighted by atomic mass is 10.1. The molecular formula is C16H19N3OS. The van der Waals surface area contributed by atoms with Crippen molar-refractivity contribution in [1.29, 1.82) is 0 Å². The molecule has 1 aromatic carbocycles. The standard InChI is InChI=1S/C16H19N3OS/c1-11(12-3-5-15(21-2)6-4-12)19-16(20)13-7-8-18-14(9-13)10-17/h3-9,11H,10,17H2,1-2H3,(H,19,20). The number of nitrogens with two attached hydrogens (primary N) is 1. The number of nitrogens with zero attached hydrogens (tertiary/aromatic N) is 1. The number of hydrogen-bond acceptors (Lipinski definition) is 4. The highest BCUT2D eigenvalue weighted by atomic mass is 32.2. The van der Waals surface area contributed by atoms with Gasteiger partial charge in [-0.05, 0) is 43.0 Å². The van der Waals surface area contributed by atoms with Gasteiger partial charge in [0, 0.05) is 23.2 Å². The lowest BCUT2D eigenvalue weighted by Crippen LogP contribution is -2.26. The van der Waals surface area contributed by atoms with E-state index in [2.05, 4.69) is 22.4 Å². The van der Waals surface area contributed by atoms with E-state index in [0.717, 1.165) is 5.56 Å². The van der Waals surface area contributed by atoms with Crippen LogP contribution in [0.15, 0.2) is 47.5 Å². The molecule has 1 amide bonds. The summed E-state index contributed by atoms with van der Waals surface area (Å²) in [4.78, 5) is 17.5. The second-order valence-electron chi connectivity index (χ2n) is 4.71. The topological polar surface area (TPSA) is 68.0 Å². The van der Waals surface area contributed by atoms with Crippen LogP contribution in [0.2, 0.25) is 0 Å². The van der Waals surface area contributed by atoms with E-state index in [1.165, 1.54) is 4.90 Å². The monoisotopic (exact) mass is 301 g/mol. The first-order valence-electron chi connectivity index (χ1n) is 6.74. The fraction of sp³-hybridized carbons (Fsp3) is 0.250. The highest BCUT2D eigenvalue weighted by Crippen LogP contribution is 2.19. The van der Waals surface area contributed by atoms with Gasteiger partial charge in [-0.3, -0.25) is 9.78 Å². The molecule has 4 nitrogen and oxygen atoms in total. The Morgan fingerprint density at radius 1 is 1.33 bits per heavy atom. The molecule has 5 heteroatoms. The van der Waals surface area contributed by atoms with Crippen molar-refractivity contribution in [1.82, 2.24) is 10.3 Å². The minimum atomic E-state index is -0.117. The van der Waals surface area contributed by atoms with Crippen LogP contribution in [0.3, 0.4) is 0 Å². The molecule has 0 radical (unpaired) electrons. The second-order valence-corrected chi connectivity index (χ2v) is 5.59. The molecule has 1 unspecified atom stereocenters. The van der Waals surface area contributed by atoms with Crippen LogP contribution >= 0.6 is 11.8 Å². The van der Waals surface area contributed by atoms with E-state index in [0.29, 0.717) is 17.8 Å². The van der Waals surface area contributed by atoms with Gasteiger partial charge in [-0.15, -0.1) is 11.8 Å². The summed E-state index contributed by atoms with van der Waals surface area (Å²) in [7, 11) is 0. The molecular weight excluding hydrogens is 282 g/mol. The predicted octanol–water partition coefficient (Wildman–Crippen LogP) is 2.75. The van der Waals surface area contributed by atoms with Crippen LogP contribution in [0.1, 0.15) is 34.6 Å². The van der Waals surface area contributed by atoms with E-state index in [4.69, 9.17) is 5.73 Å². The van der Waals surface area contributed by atoms with E-state index in [1.54, 1.807) is 30.1 Å². The number of carbonyl (C=O) groups is 1. The zero-order chi connectivity index (χ0) is 15.2. The summed E-state index contributed by atoms with van der Waals surface area (Å²) < 4.78 is 0. The van der Waals surface area contributed by atoms with Crippen LogP contribution in [0.4, 0.5) is 0 Å². The van der Waals surface area contributed by atoms with Gasteiger partial charge in [0.1, 0.15) is 0 Å². The van der Waals surface area contributed by atoms with E-state index in [9.17, 15) is 4.79 Å². The van der Waals surface area contributed by atoms with Gasteiger partial charge in [0.2, 0.25) is 0 Å². The van der Waals surface area contributed by atoms with Gasteiger partial charge in [0.05, 0.1) is 11.7 Å². The van der Waals surface area contributed by atoms with E-state index >= 15 is 0 Å². The Morgan fingerprint density at radius 2 is 2.05 bits per heavy atom. The van der Waals surface area contributed by atoms with Crippen molar-refractivity contribution in [2.45, 2.75) is 24.4 Å². The zero-order valence-electron chi connectivity index (χ0n) is 12.2. The maximum absolute atomic E-state index is 12.2. The molecule has 0 aliphatic rings. The molecule has 0 bridgehead atoms. The lowest BCUT2D eigenvalue weighted by molar-refractivity contribution is 0.0939. The van der Waals surface area contributed by atoms with Crippen LogP contribution in [-0.2, 0) is 6.54 Å². The first-order chi connectivity index (χ1) is 10.1. The first kappa shape index (κ1) is 15.5. The van der Waals surface area contributed by atoms with Crippen LogP contribution < -0.4 is 11.1 Å². The Hall–Kier alpha value is -1.85. The summed E-state index contributed by atoms with van der Waals surface area (Å²) in [6.45, 7) is 2.30. The summed E-state index contributed by atoms with van der Waals surface area (Å²) in [6, 6.07) is 11.5. The number of amides is 1. The highest BCUT2D eigenvalue weighted by Gasteiger charge is 2.12. The number of benzene rings is 1. The van der Waals surface area contributed by atoms with Crippen LogP contribution in [0.5, 0.6) is 0 Å². The molecule has 0 fully saturated rings. The van der Waals surface area contributed by atoms with Gasteiger partial charge in [-0.25, -0.2) is 0 Å². The summed E-state index contributed by atoms with van der Waals surface area (Å²) in [5.74, 6) is -0.117. The van der Waals surface area contributed by atoms with Crippen molar-refractivity contribution in [3.63, 3.8) is 0 Å². The number of pyridine rings is 1. The summed E-state index contributed by atoms with van der Waals surface area (Å²) >= 11 is 1.70. The van der Waals surface area contributed by atoms with Crippen LogP contribution in [0, 0.1) is 0 Å². The van der Waals surface area contributed by atoms with Gasteiger partial charge in [-0.1, -0.05) is 12.1 Å². The zero-order valence-corrected chi connectivity index (χ0v) is 13.0. The van der Waals surface area contributed by atoms with Crippen molar-refractivity contribution >= 4 is 17.7 Å². The third kappa shape index (κ3) is 4.06. The quantitative estimate of drug-likeness (QED) is 0.833. The Kier molecular flexibility index (Phi) is 5.36. The lowest BCUT2D eigenvalue weighted by Gasteiger charge is -2.15. The minimum Gasteiger partial charge on any atom is -0.346 e. The fourth-order valence-corrected chi connectivity index (χ4v) is 2.40. The summed E-state index contributed by atoms with van der Waals surface area (Å²) in [6.07, 6.45) is 3.65. The molecule has 1 aromatic heterocycles. The molecule has 110 valence electrons. The average Bonchev–Trinajstić information content (AvgIpc) is 2.54. The van der Waals surface area contributed by atoms with Crippen LogP contribution in [0.25, 0.3) is 0 Å². The van der Waals surface area contributed by atoms with Gasteiger partial charge < -0.3 is 11.1 Å². The molecule has 0 aliphatic heterocycles. The molecule has 3 N–H and O–H groups in total. The molecule has 2 rings (SSSR count). The Labute approximate surface area is 129 Å². The third-order valence-corrected chi connectivity index (χ3v) is 3.99. The van der Waals surface area contributed by atoms with E-state index in [-0.39, 0.29) is 11.9 Å². The number of aromatic nitrogens is 1. The Morgan fingerprint density at radius 3 is 2.67 bits per heavy atom. The van der Waals surface area contributed by atoms with Crippen LogP contribution in [-0.4, -0.2) is 17.1 Å². The number of thioether (sulfide) groups is 1. The summed E-state index contributed by atoms with van der Waals surface area (Å²) in [5, 5.41) is 2.99. The smallest absolute Gasteiger partial charge is 0.251 e. The first-order valence-corrected chi connectivity index (χ1v) is 7.96.